The van der Waals surface area contributed by atoms with E-state index in [9.17, 15) is 4.79 Å². The van der Waals surface area contributed by atoms with Crippen molar-refractivity contribution < 1.29 is 9.90 Å². The number of halogens is 1. The van der Waals surface area contributed by atoms with E-state index in [0.717, 1.165) is 36.0 Å². The highest BCUT2D eigenvalue weighted by Crippen LogP contribution is 2.35. The minimum absolute atomic E-state index is 0.876. The van der Waals surface area contributed by atoms with Crippen LogP contribution in [0.25, 0.3) is 4.48 Å². The van der Waals surface area contributed by atoms with Crippen LogP contribution in [-0.4, -0.2) is 49.2 Å². The molecule has 1 aromatic carbocycles. The second-order valence-corrected chi connectivity index (χ2v) is 6.51. The summed E-state index contributed by atoms with van der Waals surface area (Å²) < 4.78 is 1.01. The predicted octanol–water partition coefficient (Wildman–Crippen LogP) is 2.90. The van der Waals surface area contributed by atoms with Crippen molar-refractivity contribution in [3.05, 3.63) is 53.1 Å². The number of carboxylic acid groups (broad SMARTS) is 1. The number of likely N-dealkylation sites (N-methyl/N-ethyl adjacent to an activating group) is 1. The minimum Gasteiger partial charge on any atom is -0.478 e. The van der Waals surface area contributed by atoms with Crippen LogP contribution in [0, 0.1) is 0 Å². The quantitative estimate of drug-likeness (QED) is 0.776. The Bertz CT molecular complexity index is 605. The molecule has 0 spiro atoms. The number of benzene rings is 1. The fourth-order valence-corrected chi connectivity index (χ4v) is 3.33. The molecule has 1 saturated heterocycles. The summed E-state index contributed by atoms with van der Waals surface area (Å²) in [7, 11) is 2.15. The molecule has 1 heterocycles. The molecular weight excluding hydrogens is 356 g/mol. The SMILES string of the molecule is CN1CCNCC1.O=C(O)/C=C/C1=C(Br)c2ccccc2CC1. The van der Waals surface area contributed by atoms with Gasteiger partial charge in [0.15, 0.2) is 0 Å². The smallest absolute Gasteiger partial charge is 0.328 e. The maximum atomic E-state index is 10.5. The molecule has 3 rings (SSSR count). The van der Waals surface area contributed by atoms with Gasteiger partial charge in [0, 0.05) is 36.7 Å². The Morgan fingerprint density at radius 3 is 2.57 bits per heavy atom. The van der Waals surface area contributed by atoms with E-state index >= 15 is 0 Å². The zero-order valence-electron chi connectivity index (χ0n) is 13.4. The molecule has 4 nitrogen and oxygen atoms in total. The van der Waals surface area contributed by atoms with Crippen molar-refractivity contribution in [2.75, 3.05) is 33.2 Å². The standard InChI is InChI=1S/C13H11BrO2.C5H12N2/c14-13-10(7-8-12(15)16)6-5-9-3-1-2-4-11(9)13;1-7-4-2-6-3-5-7/h1-4,7-8H,5-6H2,(H,15,16);6H,2-5H2,1H3/b8-7+;. The first kappa shape index (κ1) is 17.9. The largest absolute Gasteiger partial charge is 0.478 e. The highest BCUT2D eigenvalue weighted by Gasteiger charge is 2.14. The lowest BCUT2D eigenvalue weighted by molar-refractivity contribution is -0.131. The zero-order chi connectivity index (χ0) is 16.7. The lowest BCUT2D eigenvalue weighted by atomic mass is 9.92. The number of nitrogens with zero attached hydrogens (tertiary/aromatic N) is 1. The Hall–Kier alpha value is -1.43. The van der Waals surface area contributed by atoms with E-state index in [-0.39, 0.29) is 0 Å². The Morgan fingerprint density at radius 2 is 1.96 bits per heavy atom. The van der Waals surface area contributed by atoms with Gasteiger partial charge in [0.2, 0.25) is 0 Å². The molecule has 0 amide bonds. The van der Waals surface area contributed by atoms with Crippen LogP contribution < -0.4 is 5.32 Å². The van der Waals surface area contributed by atoms with Gasteiger partial charge in [0.05, 0.1) is 0 Å². The van der Waals surface area contributed by atoms with Gasteiger partial charge in [-0.05, 0) is 52.5 Å². The minimum atomic E-state index is -0.911. The maximum absolute atomic E-state index is 10.5. The van der Waals surface area contributed by atoms with Crippen molar-refractivity contribution in [2.45, 2.75) is 12.8 Å². The molecule has 1 aliphatic heterocycles. The van der Waals surface area contributed by atoms with Crippen LogP contribution in [0.2, 0.25) is 0 Å². The number of aliphatic carboxylic acids is 1. The van der Waals surface area contributed by atoms with Crippen LogP contribution in [-0.2, 0) is 11.2 Å². The third kappa shape index (κ3) is 5.61. The summed E-state index contributed by atoms with van der Waals surface area (Å²) >= 11 is 3.54. The van der Waals surface area contributed by atoms with Gasteiger partial charge in [-0.3, -0.25) is 0 Å². The highest BCUT2D eigenvalue weighted by molar-refractivity contribution is 9.15. The normalized spacial score (nSPS) is 18.3. The molecule has 5 heteroatoms. The summed E-state index contributed by atoms with van der Waals surface area (Å²) in [5.74, 6) is -0.911. The van der Waals surface area contributed by atoms with Crippen molar-refractivity contribution in [3.8, 4) is 0 Å². The van der Waals surface area contributed by atoms with E-state index < -0.39 is 5.97 Å². The third-order valence-electron chi connectivity index (χ3n) is 3.97. The van der Waals surface area contributed by atoms with Crippen LogP contribution in [0.1, 0.15) is 17.5 Å². The molecule has 2 aliphatic rings. The number of fused-ring (bicyclic) bond motifs is 1. The number of allylic oxidation sites excluding steroid dienone is 2. The van der Waals surface area contributed by atoms with Gasteiger partial charge in [-0.25, -0.2) is 4.79 Å². The summed E-state index contributed by atoms with van der Waals surface area (Å²) in [4.78, 5) is 12.8. The molecular formula is C18H23BrN2O2. The van der Waals surface area contributed by atoms with Gasteiger partial charge in [0.25, 0.3) is 0 Å². The van der Waals surface area contributed by atoms with Gasteiger partial charge < -0.3 is 15.3 Å². The monoisotopic (exact) mass is 378 g/mol. The van der Waals surface area contributed by atoms with Crippen LogP contribution in [0.5, 0.6) is 0 Å². The van der Waals surface area contributed by atoms with Gasteiger partial charge in [-0.1, -0.05) is 30.3 Å². The van der Waals surface area contributed by atoms with E-state index in [1.165, 1.54) is 30.3 Å². The molecule has 0 aromatic heterocycles. The molecule has 0 radical (unpaired) electrons. The molecule has 1 fully saturated rings. The average Bonchev–Trinajstić information content (AvgIpc) is 2.56. The fourth-order valence-electron chi connectivity index (χ4n) is 2.61. The van der Waals surface area contributed by atoms with Crippen molar-refractivity contribution in [1.82, 2.24) is 10.2 Å². The van der Waals surface area contributed by atoms with Crippen molar-refractivity contribution in [2.24, 2.45) is 0 Å². The van der Waals surface area contributed by atoms with Crippen LogP contribution in [0.3, 0.4) is 0 Å². The molecule has 0 saturated carbocycles. The number of aryl methyl sites for hydroxylation is 1. The number of rotatable bonds is 2. The number of carboxylic acids is 1. The van der Waals surface area contributed by atoms with E-state index in [1.54, 1.807) is 6.08 Å². The number of piperazine rings is 1. The molecule has 0 unspecified atom stereocenters. The first-order valence-electron chi connectivity index (χ1n) is 7.85. The van der Waals surface area contributed by atoms with Gasteiger partial charge in [-0.15, -0.1) is 0 Å². The molecule has 2 N–H and O–H groups in total. The summed E-state index contributed by atoms with van der Waals surface area (Å²) in [6.07, 6.45) is 4.69. The molecule has 1 aliphatic carbocycles. The second-order valence-electron chi connectivity index (χ2n) is 5.72. The first-order valence-corrected chi connectivity index (χ1v) is 8.64. The summed E-state index contributed by atoms with van der Waals surface area (Å²) in [6, 6.07) is 8.17. The Kier molecular flexibility index (Phi) is 7.02. The van der Waals surface area contributed by atoms with Crippen LogP contribution in [0.4, 0.5) is 0 Å². The summed E-state index contributed by atoms with van der Waals surface area (Å²) in [5, 5.41) is 11.9. The third-order valence-corrected chi connectivity index (χ3v) is 4.90. The Morgan fingerprint density at radius 1 is 1.26 bits per heavy atom. The Labute approximate surface area is 146 Å². The lowest BCUT2D eigenvalue weighted by Gasteiger charge is -2.21. The van der Waals surface area contributed by atoms with E-state index in [2.05, 4.69) is 39.3 Å². The molecule has 1 aromatic rings. The predicted molar refractivity (Wildman–Crippen MR) is 97.8 cm³/mol. The fraction of sp³-hybridized carbons (Fsp3) is 0.389. The second kappa shape index (κ2) is 9.01. The van der Waals surface area contributed by atoms with Crippen molar-refractivity contribution in [3.63, 3.8) is 0 Å². The molecule has 23 heavy (non-hydrogen) atoms. The lowest BCUT2D eigenvalue weighted by Crippen LogP contribution is -2.40. The molecule has 0 atom stereocenters. The van der Waals surface area contributed by atoms with Crippen LogP contribution >= 0.6 is 15.9 Å². The maximum Gasteiger partial charge on any atom is 0.328 e. The van der Waals surface area contributed by atoms with Crippen LogP contribution in [0.15, 0.2) is 42.0 Å². The molecule has 0 bridgehead atoms. The Balaban J connectivity index is 0.000000229. The van der Waals surface area contributed by atoms with Crippen molar-refractivity contribution >= 4 is 26.4 Å². The van der Waals surface area contributed by atoms with Gasteiger partial charge >= 0.3 is 5.97 Å². The number of hydrogen-bond acceptors (Lipinski definition) is 3. The van der Waals surface area contributed by atoms with Gasteiger partial charge in [0.1, 0.15) is 0 Å². The molecule has 124 valence electrons. The van der Waals surface area contributed by atoms with E-state index in [1.807, 2.05) is 18.2 Å². The highest BCUT2D eigenvalue weighted by atomic mass is 79.9. The number of hydrogen-bond donors (Lipinski definition) is 2. The van der Waals surface area contributed by atoms with E-state index in [4.69, 9.17) is 5.11 Å². The number of carbonyl (C=O) groups is 1. The average molecular weight is 379 g/mol. The van der Waals surface area contributed by atoms with E-state index in [0.29, 0.717) is 0 Å². The summed E-state index contributed by atoms with van der Waals surface area (Å²) in [6.45, 7) is 4.74. The number of nitrogens with one attached hydrogen (secondary N) is 1. The zero-order valence-corrected chi connectivity index (χ0v) is 15.0. The topological polar surface area (TPSA) is 52.6 Å². The van der Waals surface area contributed by atoms with Gasteiger partial charge in [-0.2, -0.15) is 0 Å². The van der Waals surface area contributed by atoms with Crippen molar-refractivity contribution in [1.29, 1.82) is 0 Å². The first-order chi connectivity index (χ1) is 11.1. The summed E-state index contributed by atoms with van der Waals surface area (Å²) in [5.41, 5.74) is 3.52.